The molecule has 0 spiro atoms. The molecule has 0 N–H and O–H groups in total. The van der Waals surface area contributed by atoms with E-state index < -0.39 is 15.3 Å². The fraction of sp³-hybridized carbons (Fsp3) is 0.846. The summed E-state index contributed by atoms with van der Waals surface area (Å²) in [7, 11) is -1.68. The lowest BCUT2D eigenvalue weighted by molar-refractivity contribution is 0.00427. The summed E-state index contributed by atoms with van der Waals surface area (Å²) in [5, 5.41) is 3.38. The summed E-state index contributed by atoms with van der Waals surface area (Å²) in [4.78, 5) is 4.12. The van der Waals surface area contributed by atoms with E-state index in [0.717, 1.165) is 12.8 Å². The van der Waals surface area contributed by atoms with Crippen LogP contribution in [0.25, 0.3) is 0 Å². The molecule has 0 radical (unpaired) electrons. The molecule has 9 heteroatoms. The van der Waals surface area contributed by atoms with Gasteiger partial charge in [0.05, 0.1) is 11.4 Å². The van der Waals surface area contributed by atoms with Crippen LogP contribution >= 0.6 is 0 Å². The number of methoxy groups -OCH3 is 1. The monoisotopic (exact) mass is 333 g/mol. The van der Waals surface area contributed by atoms with Gasteiger partial charge in [-0.1, -0.05) is 5.16 Å². The Morgan fingerprint density at radius 1 is 1.41 bits per heavy atom. The van der Waals surface area contributed by atoms with Gasteiger partial charge in [-0.15, -0.1) is 0 Å². The fourth-order valence-corrected chi connectivity index (χ4v) is 3.65. The van der Waals surface area contributed by atoms with E-state index in [0.29, 0.717) is 24.8 Å². The van der Waals surface area contributed by atoms with Crippen LogP contribution in [0, 0.1) is 0 Å². The van der Waals surface area contributed by atoms with Crippen molar-refractivity contribution < 1.29 is 22.4 Å². The third-order valence-corrected chi connectivity index (χ3v) is 5.77. The normalized spacial score (nSPS) is 20.6. The first kappa shape index (κ1) is 17.3. The molecule has 1 aromatic rings. The quantitative estimate of drug-likeness (QED) is 0.732. The van der Waals surface area contributed by atoms with Gasteiger partial charge in [0.2, 0.25) is 10.0 Å². The Morgan fingerprint density at radius 3 is 2.86 bits per heavy atom. The standard InChI is InChI=1S/C13H23N3O5S/c1-10(2)22(17,18)16-6-4-5-11(7-16)20-8-12-14-13(9-19-3)21-15-12/h10-11H,4-9H2,1-3H3. The summed E-state index contributed by atoms with van der Waals surface area (Å²) in [6.07, 6.45) is 1.47. The van der Waals surface area contributed by atoms with Crippen molar-refractivity contribution in [3.8, 4) is 0 Å². The Balaban J connectivity index is 1.87. The van der Waals surface area contributed by atoms with Crippen LogP contribution in [0.15, 0.2) is 4.52 Å². The predicted octanol–water partition coefficient (Wildman–Crippen LogP) is 0.935. The van der Waals surface area contributed by atoms with E-state index in [2.05, 4.69) is 10.1 Å². The molecule has 1 aliphatic rings. The molecule has 22 heavy (non-hydrogen) atoms. The average molecular weight is 333 g/mol. The van der Waals surface area contributed by atoms with Gasteiger partial charge in [-0.2, -0.15) is 9.29 Å². The Bertz CT molecular complexity index is 572. The van der Waals surface area contributed by atoms with Crippen molar-refractivity contribution in [1.82, 2.24) is 14.4 Å². The minimum absolute atomic E-state index is 0.147. The molecule has 1 aliphatic heterocycles. The highest BCUT2D eigenvalue weighted by Gasteiger charge is 2.31. The maximum Gasteiger partial charge on any atom is 0.252 e. The molecular weight excluding hydrogens is 310 g/mol. The van der Waals surface area contributed by atoms with Crippen molar-refractivity contribution in [3.63, 3.8) is 0 Å². The van der Waals surface area contributed by atoms with E-state index in [1.165, 1.54) is 4.31 Å². The van der Waals surface area contributed by atoms with Gasteiger partial charge in [-0.3, -0.25) is 0 Å². The molecule has 1 fully saturated rings. The Kier molecular flexibility index (Phi) is 5.90. The molecule has 1 saturated heterocycles. The minimum Gasteiger partial charge on any atom is -0.375 e. The molecule has 2 rings (SSSR count). The van der Waals surface area contributed by atoms with Crippen LogP contribution in [0.2, 0.25) is 0 Å². The number of nitrogens with zero attached hydrogens (tertiary/aromatic N) is 3. The lowest BCUT2D eigenvalue weighted by Gasteiger charge is -2.32. The first-order chi connectivity index (χ1) is 10.4. The summed E-state index contributed by atoms with van der Waals surface area (Å²) in [6, 6.07) is 0. The van der Waals surface area contributed by atoms with Crippen molar-refractivity contribution in [2.75, 3.05) is 20.2 Å². The molecule has 0 aromatic carbocycles. The van der Waals surface area contributed by atoms with E-state index in [-0.39, 0.29) is 19.3 Å². The highest BCUT2D eigenvalue weighted by Crippen LogP contribution is 2.19. The van der Waals surface area contributed by atoms with Crippen LogP contribution in [0.5, 0.6) is 0 Å². The zero-order valence-corrected chi connectivity index (χ0v) is 14.0. The third-order valence-electron chi connectivity index (χ3n) is 3.52. The summed E-state index contributed by atoms with van der Waals surface area (Å²) in [5.41, 5.74) is 0. The Hall–Kier alpha value is -1.03. The Morgan fingerprint density at radius 2 is 2.18 bits per heavy atom. The molecule has 126 valence electrons. The van der Waals surface area contributed by atoms with Gasteiger partial charge in [-0.05, 0) is 26.7 Å². The predicted molar refractivity (Wildman–Crippen MR) is 78.5 cm³/mol. The number of piperidine rings is 1. The van der Waals surface area contributed by atoms with Gasteiger partial charge in [0.15, 0.2) is 5.82 Å². The fourth-order valence-electron chi connectivity index (χ4n) is 2.29. The summed E-state index contributed by atoms with van der Waals surface area (Å²) in [5.74, 6) is 0.838. The minimum atomic E-state index is -3.23. The number of rotatable bonds is 7. The average Bonchev–Trinajstić information content (AvgIpc) is 2.93. The first-order valence-corrected chi connectivity index (χ1v) is 8.84. The maximum atomic E-state index is 12.2. The van der Waals surface area contributed by atoms with Crippen LogP contribution in [-0.4, -0.2) is 54.4 Å². The van der Waals surface area contributed by atoms with Gasteiger partial charge < -0.3 is 14.0 Å². The van der Waals surface area contributed by atoms with Gasteiger partial charge in [0.25, 0.3) is 5.89 Å². The van der Waals surface area contributed by atoms with Crippen molar-refractivity contribution >= 4 is 10.0 Å². The zero-order chi connectivity index (χ0) is 16.2. The van der Waals surface area contributed by atoms with E-state index in [4.69, 9.17) is 14.0 Å². The molecule has 0 bridgehead atoms. The van der Waals surface area contributed by atoms with Crippen LogP contribution in [0.1, 0.15) is 38.4 Å². The van der Waals surface area contributed by atoms with Gasteiger partial charge in [0, 0.05) is 20.2 Å². The smallest absolute Gasteiger partial charge is 0.252 e. The second-order valence-electron chi connectivity index (χ2n) is 5.56. The van der Waals surface area contributed by atoms with Crippen LogP contribution in [0.4, 0.5) is 0 Å². The SMILES string of the molecule is COCc1nc(COC2CCCN(S(=O)(=O)C(C)C)C2)no1. The Labute approximate surface area is 130 Å². The number of aromatic nitrogens is 2. The molecule has 0 saturated carbocycles. The highest BCUT2D eigenvalue weighted by molar-refractivity contribution is 7.89. The van der Waals surface area contributed by atoms with Crippen molar-refractivity contribution in [2.45, 2.75) is 51.3 Å². The molecule has 8 nitrogen and oxygen atoms in total. The number of sulfonamides is 1. The van der Waals surface area contributed by atoms with Crippen LogP contribution in [-0.2, 0) is 32.7 Å². The summed E-state index contributed by atoms with van der Waals surface area (Å²) < 4.78 is 41.5. The highest BCUT2D eigenvalue weighted by atomic mass is 32.2. The van der Waals surface area contributed by atoms with E-state index >= 15 is 0 Å². The van der Waals surface area contributed by atoms with Gasteiger partial charge >= 0.3 is 0 Å². The van der Waals surface area contributed by atoms with E-state index in [1.54, 1.807) is 21.0 Å². The number of ether oxygens (including phenoxy) is 2. The topological polar surface area (TPSA) is 94.8 Å². The largest absolute Gasteiger partial charge is 0.375 e. The second kappa shape index (κ2) is 7.49. The molecule has 0 aliphatic carbocycles. The number of hydrogen-bond acceptors (Lipinski definition) is 7. The number of hydrogen-bond donors (Lipinski definition) is 0. The van der Waals surface area contributed by atoms with Crippen molar-refractivity contribution in [1.29, 1.82) is 0 Å². The lowest BCUT2D eigenvalue weighted by atomic mass is 10.1. The zero-order valence-electron chi connectivity index (χ0n) is 13.2. The van der Waals surface area contributed by atoms with E-state index in [9.17, 15) is 8.42 Å². The molecule has 1 aromatic heterocycles. The maximum absolute atomic E-state index is 12.2. The van der Waals surface area contributed by atoms with E-state index in [1.807, 2.05) is 0 Å². The lowest BCUT2D eigenvalue weighted by Crippen LogP contribution is -2.45. The summed E-state index contributed by atoms with van der Waals surface area (Å²) >= 11 is 0. The second-order valence-corrected chi connectivity index (χ2v) is 8.05. The van der Waals surface area contributed by atoms with Crippen LogP contribution < -0.4 is 0 Å². The first-order valence-electron chi connectivity index (χ1n) is 7.34. The van der Waals surface area contributed by atoms with Gasteiger partial charge in [0.1, 0.15) is 13.2 Å². The van der Waals surface area contributed by atoms with Crippen LogP contribution in [0.3, 0.4) is 0 Å². The molecule has 2 heterocycles. The third kappa shape index (κ3) is 4.25. The van der Waals surface area contributed by atoms with Gasteiger partial charge in [-0.25, -0.2) is 8.42 Å². The molecular formula is C13H23N3O5S. The molecule has 0 amide bonds. The van der Waals surface area contributed by atoms with Crippen molar-refractivity contribution in [3.05, 3.63) is 11.7 Å². The van der Waals surface area contributed by atoms with Crippen molar-refractivity contribution in [2.24, 2.45) is 0 Å². The molecule has 1 unspecified atom stereocenters. The molecule has 1 atom stereocenters. The summed E-state index contributed by atoms with van der Waals surface area (Å²) in [6.45, 7) is 4.78.